The number of halogens is 1. The number of piperidine rings is 1. The van der Waals surface area contributed by atoms with Crippen molar-refractivity contribution in [1.29, 1.82) is 0 Å². The molecule has 3 fully saturated rings. The summed E-state index contributed by atoms with van der Waals surface area (Å²) in [4.78, 5) is 21.9. The second kappa shape index (κ2) is 9.86. The highest BCUT2D eigenvalue weighted by molar-refractivity contribution is 7.90. The first-order valence-electron chi connectivity index (χ1n) is 12.3. The molecule has 3 aliphatic heterocycles. The van der Waals surface area contributed by atoms with Crippen molar-refractivity contribution in [3.8, 4) is 5.75 Å². The van der Waals surface area contributed by atoms with Crippen molar-refractivity contribution in [3.63, 3.8) is 0 Å². The van der Waals surface area contributed by atoms with Crippen molar-refractivity contribution in [2.75, 3.05) is 44.0 Å². The number of aromatic nitrogens is 2. The van der Waals surface area contributed by atoms with E-state index in [1.807, 2.05) is 4.90 Å². The van der Waals surface area contributed by atoms with Gasteiger partial charge in [0.15, 0.2) is 33.3 Å². The second-order valence-electron chi connectivity index (χ2n) is 10.1. The minimum absolute atomic E-state index is 0.0348. The van der Waals surface area contributed by atoms with E-state index in [0.717, 1.165) is 75.3 Å². The summed E-state index contributed by atoms with van der Waals surface area (Å²) < 4.78 is 53.5. The lowest BCUT2D eigenvalue weighted by Gasteiger charge is -2.36. The number of carbonyl (C=O) groups is 1. The molecule has 36 heavy (non-hydrogen) atoms. The lowest BCUT2D eigenvalue weighted by molar-refractivity contribution is -0.135. The molecule has 1 aromatic carbocycles. The largest absolute Gasteiger partial charge is 0.477 e. The number of hydrogen-bond donors (Lipinski definition) is 0. The summed E-state index contributed by atoms with van der Waals surface area (Å²) in [6.07, 6.45) is 4.20. The summed E-state index contributed by atoms with van der Waals surface area (Å²) in [5.41, 5.74) is -0.0348. The van der Waals surface area contributed by atoms with Gasteiger partial charge in [-0.1, -0.05) is 6.92 Å². The Morgan fingerprint density at radius 1 is 1.17 bits per heavy atom. The first-order valence-corrected chi connectivity index (χ1v) is 14.9. The molecule has 2 aromatic rings. The first kappa shape index (κ1) is 25.3. The first-order chi connectivity index (χ1) is 17.1. The van der Waals surface area contributed by atoms with E-state index in [0.29, 0.717) is 13.0 Å². The molecule has 1 amide bonds. The van der Waals surface area contributed by atoms with Crippen molar-refractivity contribution in [1.82, 2.24) is 14.3 Å². The fraction of sp³-hybridized carbons (Fsp3) is 0.625. The van der Waals surface area contributed by atoms with E-state index in [2.05, 4.69) is 16.2 Å². The standard InChI is InChI=1S/C24H31FN4O5S2/c1-24(8-13-33-14-9-24)22-26-23(35-27-22)28-10-5-16(6-11-28)29-12-7-20(21(29)30)34-19-4-3-17(15-18(19)25)36(2,31)32/h3-4,15-16,20H,5-14H2,1-2H3. The van der Waals surface area contributed by atoms with E-state index in [4.69, 9.17) is 14.5 Å². The van der Waals surface area contributed by atoms with Gasteiger partial charge in [-0.2, -0.15) is 4.37 Å². The van der Waals surface area contributed by atoms with E-state index in [-0.39, 0.29) is 28.0 Å². The van der Waals surface area contributed by atoms with Crippen molar-refractivity contribution in [2.24, 2.45) is 0 Å². The predicted molar refractivity (Wildman–Crippen MR) is 133 cm³/mol. The molecule has 1 unspecified atom stereocenters. The number of amides is 1. The van der Waals surface area contributed by atoms with Gasteiger partial charge >= 0.3 is 0 Å². The number of sulfone groups is 1. The van der Waals surface area contributed by atoms with Crippen molar-refractivity contribution >= 4 is 32.4 Å². The van der Waals surface area contributed by atoms with Crippen LogP contribution < -0.4 is 9.64 Å². The highest BCUT2D eigenvalue weighted by Crippen LogP contribution is 2.35. The average Bonchev–Trinajstić information content (AvgIpc) is 3.49. The van der Waals surface area contributed by atoms with Gasteiger partial charge in [-0.3, -0.25) is 4.79 Å². The molecule has 1 aromatic heterocycles. The third-order valence-electron chi connectivity index (χ3n) is 7.52. The molecule has 1 atom stereocenters. The van der Waals surface area contributed by atoms with Crippen molar-refractivity contribution < 1.29 is 27.1 Å². The lowest BCUT2D eigenvalue weighted by Crippen LogP contribution is -2.47. The number of carbonyl (C=O) groups excluding carboxylic acids is 1. The van der Waals surface area contributed by atoms with Gasteiger partial charge in [-0.05, 0) is 43.9 Å². The monoisotopic (exact) mass is 538 g/mol. The van der Waals surface area contributed by atoms with Crippen LogP contribution in [0.2, 0.25) is 0 Å². The Labute approximate surface area is 214 Å². The van der Waals surface area contributed by atoms with Crippen molar-refractivity contribution in [2.45, 2.75) is 61.5 Å². The van der Waals surface area contributed by atoms with Crippen LogP contribution in [-0.4, -0.2) is 79.8 Å². The number of benzene rings is 1. The summed E-state index contributed by atoms with van der Waals surface area (Å²) >= 11 is 1.44. The fourth-order valence-corrected chi connectivity index (χ4v) is 6.60. The van der Waals surface area contributed by atoms with Gasteiger partial charge in [0.1, 0.15) is 0 Å². The zero-order chi connectivity index (χ0) is 25.5. The van der Waals surface area contributed by atoms with Gasteiger partial charge in [0.05, 0.1) is 4.90 Å². The van der Waals surface area contributed by atoms with E-state index < -0.39 is 21.8 Å². The Morgan fingerprint density at radius 3 is 2.56 bits per heavy atom. The fourth-order valence-electron chi connectivity index (χ4n) is 5.11. The Balaban J connectivity index is 1.17. The summed E-state index contributed by atoms with van der Waals surface area (Å²) in [6, 6.07) is 3.60. The number of anilines is 1. The molecule has 0 spiro atoms. The van der Waals surface area contributed by atoms with Crippen molar-refractivity contribution in [3.05, 3.63) is 29.8 Å². The number of hydrogen-bond acceptors (Lipinski definition) is 9. The quantitative estimate of drug-likeness (QED) is 0.553. The van der Waals surface area contributed by atoms with Gasteiger partial charge in [-0.15, -0.1) is 0 Å². The number of rotatable bonds is 6. The maximum atomic E-state index is 14.4. The highest BCUT2D eigenvalue weighted by atomic mass is 32.2. The molecule has 0 saturated carbocycles. The average molecular weight is 539 g/mol. The minimum atomic E-state index is -3.52. The Bertz CT molecular complexity index is 1220. The van der Waals surface area contributed by atoms with E-state index in [1.54, 1.807) is 0 Å². The molecular weight excluding hydrogens is 507 g/mol. The molecule has 0 N–H and O–H groups in total. The number of nitrogens with zero attached hydrogens (tertiary/aromatic N) is 4. The molecule has 3 aliphatic rings. The van der Waals surface area contributed by atoms with Crippen LogP contribution in [0.1, 0.15) is 44.9 Å². The molecule has 196 valence electrons. The van der Waals surface area contributed by atoms with Gasteiger partial charge in [0, 0.05) is 68.5 Å². The van der Waals surface area contributed by atoms with Crippen LogP contribution in [0, 0.1) is 5.82 Å². The van der Waals surface area contributed by atoms with Crippen LogP contribution in [-0.2, 0) is 24.8 Å². The van der Waals surface area contributed by atoms with Crippen LogP contribution in [0.25, 0.3) is 0 Å². The van der Waals surface area contributed by atoms with Crippen LogP contribution in [0.15, 0.2) is 23.1 Å². The van der Waals surface area contributed by atoms with Crippen LogP contribution in [0.5, 0.6) is 5.75 Å². The summed E-state index contributed by atoms with van der Waals surface area (Å²) in [6.45, 7) is 5.82. The third kappa shape index (κ3) is 5.08. The van der Waals surface area contributed by atoms with Gasteiger partial charge in [0.2, 0.25) is 5.13 Å². The van der Waals surface area contributed by atoms with Crippen LogP contribution in [0.3, 0.4) is 0 Å². The van der Waals surface area contributed by atoms with Gasteiger partial charge in [0.25, 0.3) is 5.91 Å². The number of likely N-dealkylation sites (tertiary alicyclic amines) is 1. The molecule has 0 radical (unpaired) electrons. The zero-order valence-corrected chi connectivity index (χ0v) is 22.1. The summed E-state index contributed by atoms with van der Waals surface area (Å²) in [5, 5.41) is 0.929. The molecule has 12 heteroatoms. The SMILES string of the molecule is CC1(c2nsc(N3CCC(N4CCC(Oc5ccc(S(C)(=O)=O)cc5F)C4=O)CC3)n2)CCOCC1. The van der Waals surface area contributed by atoms with E-state index in [1.165, 1.54) is 23.7 Å². The molecular formula is C24H31FN4O5S2. The lowest BCUT2D eigenvalue weighted by atomic mass is 9.82. The molecule has 5 rings (SSSR count). The Morgan fingerprint density at radius 2 is 1.89 bits per heavy atom. The van der Waals surface area contributed by atoms with Gasteiger partial charge in [-0.25, -0.2) is 17.8 Å². The molecule has 3 saturated heterocycles. The predicted octanol–water partition coefficient (Wildman–Crippen LogP) is 2.80. The highest BCUT2D eigenvalue weighted by Gasteiger charge is 2.40. The van der Waals surface area contributed by atoms with Gasteiger partial charge < -0.3 is 19.3 Å². The normalized spacial score (nSPS) is 23.3. The molecule has 9 nitrogen and oxygen atoms in total. The van der Waals surface area contributed by atoms with Crippen LogP contribution >= 0.6 is 11.5 Å². The maximum absolute atomic E-state index is 14.4. The summed E-state index contributed by atoms with van der Waals surface area (Å²) in [5.74, 6) is -0.142. The van der Waals surface area contributed by atoms with Crippen LogP contribution in [0.4, 0.5) is 9.52 Å². The molecule has 0 bridgehead atoms. The Hall–Kier alpha value is -2.31. The zero-order valence-electron chi connectivity index (χ0n) is 20.5. The van der Waals surface area contributed by atoms with E-state index >= 15 is 0 Å². The molecule has 0 aliphatic carbocycles. The second-order valence-corrected chi connectivity index (χ2v) is 12.8. The summed E-state index contributed by atoms with van der Waals surface area (Å²) in [7, 11) is -3.52. The maximum Gasteiger partial charge on any atom is 0.263 e. The smallest absolute Gasteiger partial charge is 0.263 e. The Kier molecular flexibility index (Phi) is 6.94. The third-order valence-corrected chi connectivity index (χ3v) is 9.41. The molecule has 4 heterocycles. The topological polar surface area (TPSA) is 102 Å². The number of ether oxygens (including phenoxy) is 2. The minimum Gasteiger partial charge on any atom is -0.477 e. The van der Waals surface area contributed by atoms with E-state index in [9.17, 15) is 17.6 Å².